The first kappa shape index (κ1) is 14.3. The van der Waals surface area contributed by atoms with Crippen LogP contribution in [-0.4, -0.2) is 0 Å². The van der Waals surface area contributed by atoms with Crippen molar-refractivity contribution in [1.29, 1.82) is 0 Å². The van der Waals surface area contributed by atoms with Crippen LogP contribution in [0.4, 0.5) is 0 Å². The van der Waals surface area contributed by atoms with Crippen molar-refractivity contribution in [3.63, 3.8) is 0 Å². The van der Waals surface area contributed by atoms with Crippen LogP contribution in [0.5, 0.6) is 0 Å². The summed E-state index contributed by atoms with van der Waals surface area (Å²) in [5.41, 5.74) is 6.72. The molecule has 4 aromatic carbocycles. The Kier molecular flexibility index (Phi) is 2.98. The Morgan fingerprint density at radius 2 is 1.64 bits per heavy atom. The largest absolute Gasteiger partial charge is 0.456 e. The van der Waals surface area contributed by atoms with Crippen LogP contribution in [0.2, 0.25) is 0 Å². The summed E-state index contributed by atoms with van der Waals surface area (Å²) < 4.78 is 6.07. The van der Waals surface area contributed by atoms with E-state index in [1.807, 2.05) is 12.1 Å². The molecule has 0 aliphatic carbocycles. The van der Waals surface area contributed by atoms with Crippen molar-refractivity contribution in [3.05, 3.63) is 90.0 Å². The molecule has 5 rings (SSSR count). The minimum absolute atomic E-state index is 0.946. The van der Waals surface area contributed by atoms with Gasteiger partial charge in [-0.05, 0) is 51.6 Å². The number of aryl methyl sites for hydroxylation is 1. The Balaban J connectivity index is 1.83. The molecule has 0 unspecified atom stereocenters. The van der Waals surface area contributed by atoms with Crippen molar-refractivity contribution >= 4 is 38.3 Å². The second-order valence-electron chi connectivity index (χ2n) is 6.54. The van der Waals surface area contributed by atoms with Gasteiger partial charge in [0.05, 0.1) is 0 Å². The third-order valence-corrected chi connectivity index (χ3v) is 5.21. The zero-order valence-corrected chi connectivity index (χ0v) is 14.2. The molecule has 0 aliphatic rings. The first-order chi connectivity index (χ1) is 12.3. The third kappa shape index (κ3) is 1.96. The minimum Gasteiger partial charge on any atom is -0.456 e. The lowest BCUT2D eigenvalue weighted by molar-refractivity contribution is 0.669. The number of rotatable bonds is 3. The van der Waals surface area contributed by atoms with E-state index < -0.39 is 0 Å². The first-order valence-corrected chi connectivity index (χ1v) is 8.72. The number of furan rings is 1. The molecule has 0 aliphatic heterocycles. The minimum atomic E-state index is 0.946. The van der Waals surface area contributed by atoms with E-state index in [0.29, 0.717) is 0 Å². The second-order valence-corrected chi connectivity index (χ2v) is 6.54. The Morgan fingerprint density at radius 3 is 2.52 bits per heavy atom. The molecule has 0 saturated carbocycles. The molecule has 1 nitrogen and oxygen atoms in total. The predicted octanol–water partition coefficient (Wildman–Crippen LogP) is 6.80. The van der Waals surface area contributed by atoms with E-state index in [-0.39, 0.29) is 0 Å². The van der Waals surface area contributed by atoms with Gasteiger partial charge in [0.25, 0.3) is 0 Å². The lowest BCUT2D eigenvalue weighted by atomic mass is 9.90. The summed E-state index contributed by atoms with van der Waals surface area (Å²) in [5, 5.41) is 4.86. The van der Waals surface area contributed by atoms with Crippen LogP contribution in [0.15, 0.2) is 77.7 Å². The highest BCUT2D eigenvalue weighted by Gasteiger charge is 2.17. The highest BCUT2D eigenvalue weighted by atomic mass is 16.3. The maximum Gasteiger partial charge on any atom is 0.136 e. The molecule has 0 N–H and O–H groups in total. The summed E-state index contributed by atoms with van der Waals surface area (Å²) in [4.78, 5) is 0. The maximum absolute atomic E-state index is 6.07. The third-order valence-electron chi connectivity index (χ3n) is 5.21. The summed E-state index contributed by atoms with van der Waals surface area (Å²) in [6.07, 6.45) is 1.00. The van der Waals surface area contributed by atoms with Crippen molar-refractivity contribution in [2.45, 2.75) is 13.3 Å². The average Bonchev–Trinajstić information content (AvgIpc) is 3.05. The highest BCUT2D eigenvalue weighted by Crippen LogP contribution is 2.40. The molecule has 0 fully saturated rings. The molecule has 0 amide bonds. The normalized spacial score (nSPS) is 11.7. The topological polar surface area (TPSA) is 13.1 Å². The van der Waals surface area contributed by atoms with E-state index in [9.17, 15) is 0 Å². The molecule has 5 aromatic rings. The molecule has 1 heteroatoms. The summed E-state index contributed by atoms with van der Waals surface area (Å²) in [6.45, 7) is 6.63. The fourth-order valence-electron chi connectivity index (χ4n) is 3.98. The van der Waals surface area contributed by atoms with Gasteiger partial charge < -0.3 is 4.42 Å². The van der Waals surface area contributed by atoms with E-state index in [0.717, 1.165) is 23.2 Å². The van der Waals surface area contributed by atoms with E-state index in [1.54, 1.807) is 0 Å². The van der Waals surface area contributed by atoms with Gasteiger partial charge in [-0.2, -0.15) is 0 Å². The Hall–Kier alpha value is -3.06. The molecule has 0 saturated heterocycles. The lowest BCUT2D eigenvalue weighted by Crippen LogP contribution is -1.94. The van der Waals surface area contributed by atoms with E-state index >= 15 is 0 Å². The molecule has 0 bridgehead atoms. The predicted molar refractivity (Wildman–Crippen MR) is 106 cm³/mol. The van der Waals surface area contributed by atoms with Gasteiger partial charge in [0, 0.05) is 10.8 Å². The fourth-order valence-corrected chi connectivity index (χ4v) is 3.98. The van der Waals surface area contributed by atoms with Gasteiger partial charge in [-0.3, -0.25) is 0 Å². The Labute approximate surface area is 146 Å². The van der Waals surface area contributed by atoms with E-state index in [1.165, 1.54) is 38.2 Å². The van der Waals surface area contributed by atoms with Gasteiger partial charge in [-0.1, -0.05) is 68.1 Å². The van der Waals surface area contributed by atoms with Crippen molar-refractivity contribution in [2.24, 2.45) is 0 Å². The molecule has 25 heavy (non-hydrogen) atoms. The molecule has 120 valence electrons. The van der Waals surface area contributed by atoms with Crippen LogP contribution in [-0.2, 0) is 6.42 Å². The van der Waals surface area contributed by atoms with Crippen LogP contribution < -0.4 is 0 Å². The maximum atomic E-state index is 6.07. The van der Waals surface area contributed by atoms with Crippen molar-refractivity contribution in [1.82, 2.24) is 0 Å². The molecule has 1 aromatic heterocycles. The summed E-state index contributed by atoms with van der Waals surface area (Å²) >= 11 is 0. The van der Waals surface area contributed by atoms with Gasteiger partial charge in [0.15, 0.2) is 0 Å². The van der Waals surface area contributed by atoms with Crippen molar-refractivity contribution in [3.8, 4) is 0 Å². The van der Waals surface area contributed by atoms with Crippen LogP contribution in [0.3, 0.4) is 0 Å². The fraction of sp³-hybridized carbons (Fsp3) is 0.0833. The van der Waals surface area contributed by atoms with Crippen molar-refractivity contribution < 1.29 is 4.42 Å². The quantitative estimate of drug-likeness (QED) is 0.333. The van der Waals surface area contributed by atoms with Crippen LogP contribution >= 0.6 is 0 Å². The van der Waals surface area contributed by atoms with Gasteiger partial charge >= 0.3 is 0 Å². The average molecular weight is 322 g/mol. The summed E-state index contributed by atoms with van der Waals surface area (Å²) in [5.74, 6) is 0. The standard InChI is InChI=1S/C24H18O/c1-3-16-7-4-5-9-18(16)15(2)19-13-14-22-24-20(19)12-11-17-8-6-10-21(25-22)23(17)24/h4-14H,2-3H2,1H3. The molecular weight excluding hydrogens is 304 g/mol. The highest BCUT2D eigenvalue weighted by molar-refractivity contribution is 6.23. The smallest absolute Gasteiger partial charge is 0.136 e. The molecular formula is C24H18O. The number of hydrogen-bond acceptors (Lipinski definition) is 1. The van der Waals surface area contributed by atoms with Crippen LogP contribution in [0.25, 0.3) is 38.3 Å². The van der Waals surface area contributed by atoms with Gasteiger partial charge in [0.1, 0.15) is 11.2 Å². The van der Waals surface area contributed by atoms with E-state index in [4.69, 9.17) is 4.42 Å². The Morgan fingerprint density at radius 1 is 0.800 bits per heavy atom. The number of benzene rings is 4. The summed E-state index contributed by atoms with van der Waals surface area (Å²) in [7, 11) is 0. The van der Waals surface area contributed by atoms with Crippen LogP contribution in [0.1, 0.15) is 23.6 Å². The monoisotopic (exact) mass is 322 g/mol. The zero-order chi connectivity index (χ0) is 17.0. The van der Waals surface area contributed by atoms with Gasteiger partial charge in [0.2, 0.25) is 0 Å². The van der Waals surface area contributed by atoms with Crippen LogP contribution in [0, 0.1) is 0 Å². The molecule has 0 radical (unpaired) electrons. The molecule has 0 atom stereocenters. The second kappa shape index (κ2) is 5.22. The Bertz CT molecular complexity index is 1240. The summed E-state index contributed by atoms with van der Waals surface area (Å²) in [6, 6.07) is 23.4. The van der Waals surface area contributed by atoms with Gasteiger partial charge in [-0.25, -0.2) is 0 Å². The number of hydrogen-bond donors (Lipinski definition) is 0. The van der Waals surface area contributed by atoms with E-state index in [2.05, 4.69) is 68.1 Å². The zero-order valence-electron chi connectivity index (χ0n) is 14.2. The van der Waals surface area contributed by atoms with Gasteiger partial charge in [-0.15, -0.1) is 0 Å². The SMILES string of the molecule is C=C(c1ccccc1CC)c1ccc2oc3cccc4ccc1c2c43. The first-order valence-electron chi connectivity index (χ1n) is 8.72. The lowest BCUT2D eigenvalue weighted by Gasteiger charge is -2.13. The van der Waals surface area contributed by atoms with Crippen molar-refractivity contribution in [2.75, 3.05) is 0 Å². The molecule has 0 spiro atoms. The molecule has 1 heterocycles.